The molecule has 1 aliphatic heterocycles. The van der Waals surface area contributed by atoms with Gasteiger partial charge in [-0.15, -0.1) is 0 Å². The smallest absolute Gasteiger partial charge is 0.338 e. The summed E-state index contributed by atoms with van der Waals surface area (Å²) in [6.07, 6.45) is 3.55. The van der Waals surface area contributed by atoms with E-state index in [1.165, 1.54) is 0 Å². The van der Waals surface area contributed by atoms with Gasteiger partial charge >= 0.3 is 12.0 Å². The van der Waals surface area contributed by atoms with Gasteiger partial charge in [0.1, 0.15) is 12.4 Å². The summed E-state index contributed by atoms with van der Waals surface area (Å²) >= 11 is 0. The van der Waals surface area contributed by atoms with Gasteiger partial charge in [-0.2, -0.15) is 0 Å². The van der Waals surface area contributed by atoms with Crippen molar-refractivity contribution >= 4 is 12.0 Å². The minimum atomic E-state index is -0.586. The number of hydrogen-bond acceptors (Lipinski definition) is 4. The predicted molar refractivity (Wildman–Crippen MR) is 90.5 cm³/mol. The standard InChI is InChI=1S/C18H22N2O4/c1-4-6-10-24-17(21)15-12(3)19-18(22)20-16(15)13-8-7-9-14(11-13)23-5-2/h4,6-9,11,16H,5,10H2,1-3H3,(H2,19,20,22). The molecule has 0 aromatic heterocycles. The van der Waals surface area contributed by atoms with Gasteiger partial charge in [0.15, 0.2) is 0 Å². The molecule has 0 fully saturated rings. The fourth-order valence-corrected chi connectivity index (χ4v) is 2.46. The highest BCUT2D eigenvalue weighted by atomic mass is 16.5. The van der Waals surface area contributed by atoms with E-state index in [0.29, 0.717) is 23.6 Å². The molecule has 1 unspecified atom stereocenters. The van der Waals surface area contributed by atoms with Crippen molar-refractivity contribution in [3.63, 3.8) is 0 Å². The van der Waals surface area contributed by atoms with Crippen LogP contribution in [-0.2, 0) is 9.53 Å². The lowest BCUT2D eigenvalue weighted by atomic mass is 9.95. The zero-order valence-corrected chi connectivity index (χ0v) is 14.1. The normalized spacial score (nSPS) is 17.5. The maximum absolute atomic E-state index is 12.4. The SMILES string of the molecule is CC=CCOC(=O)C1=C(C)NC(=O)NC1c1cccc(OCC)c1. The quantitative estimate of drug-likeness (QED) is 0.621. The number of nitrogens with one attached hydrogen (secondary N) is 2. The Morgan fingerprint density at radius 2 is 2.17 bits per heavy atom. The number of hydrogen-bond donors (Lipinski definition) is 2. The molecule has 2 N–H and O–H groups in total. The summed E-state index contributed by atoms with van der Waals surface area (Å²) in [7, 11) is 0. The van der Waals surface area contributed by atoms with Crippen LogP contribution in [0.2, 0.25) is 0 Å². The molecule has 2 rings (SSSR count). The Hall–Kier alpha value is -2.76. The Balaban J connectivity index is 2.34. The molecule has 6 heteroatoms. The number of amides is 2. The van der Waals surface area contributed by atoms with E-state index in [-0.39, 0.29) is 12.6 Å². The fraction of sp³-hybridized carbons (Fsp3) is 0.333. The largest absolute Gasteiger partial charge is 0.494 e. The van der Waals surface area contributed by atoms with Crippen molar-refractivity contribution in [3.05, 3.63) is 53.3 Å². The molecule has 6 nitrogen and oxygen atoms in total. The third kappa shape index (κ3) is 4.16. The molecule has 2 amide bonds. The molecule has 0 radical (unpaired) electrons. The molecule has 0 bridgehead atoms. The number of benzene rings is 1. The topological polar surface area (TPSA) is 76.7 Å². The second-order valence-corrected chi connectivity index (χ2v) is 5.24. The molecular formula is C18H22N2O4. The van der Waals surface area contributed by atoms with Crippen LogP contribution in [0.4, 0.5) is 4.79 Å². The number of urea groups is 1. The molecule has 0 saturated heterocycles. The number of allylic oxidation sites excluding steroid dienone is 2. The summed E-state index contributed by atoms with van der Waals surface area (Å²) in [4.78, 5) is 24.3. The minimum Gasteiger partial charge on any atom is -0.494 e. The molecule has 24 heavy (non-hydrogen) atoms. The van der Waals surface area contributed by atoms with Gasteiger partial charge in [0.2, 0.25) is 0 Å². The number of carbonyl (C=O) groups excluding carboxylic acids is 2. The molecule has 1 aromatic rings. The summed E-state index contributed by atoms with van der Waals surface area (Å²) < 4.78 is 10.7. The third-order valence-electron chi connectivity index (χ3n) is 3.54. The first-order valence-electron chi connectivity index (χ1n) is 7.86. The first-order valence-corrected chi connectivity index (χ1v) is 7.86. The monoisotopic (exact) mass is 330 g/mol. The Morgan fingerprint density at radius 3 is 2.88 bits per heavy atom. The van der Waals surface area contributed by atoms with Crippen LogP contribution < -0.4 is 15.4 Å². The van der Waals surface area contributed by atoms with Gasteiger partial charge in [-0.25, -0.2) is 9.59 Å². The molecule has 0 spiro atoms. The predicted octanol–water partition coefficient (Wildman–Crippen LogP) is 2.83. The van der Waals surface area contributed by atoms with Gasteiger partial charge in [-0.05, 0) is 38.5 Å². The van der Waals surface area contributed by atoms with Crippen LogP contribution in [0.1, 0.15) is 32.4 Å². The van der Waals surface area contributed by atoms with Crippen LogP contribution in [0.15, 0.2) is 47.7 Å². The highest BCUT2D eigenvalue weighted by molar-refractivity contribution is 5.95. The first kappa shape index (κ1) is 17.6. The number of carbonyl (C=O) groups is 2. The van der Waals surface area contributed by atoms with Gasteiger partial charge in [-0.1, -0.05) is 24.3 Å². The van der Waals surface area contributed by atoms with E-state index in [1.807, 2.05) is 38.1 Å². The average Bonchev–Trinajstić information content (AvgIpc) is 2.55. The van der Waals surface area contributed by atoms with E-state index in [4.69, 9.17) is 9.47 Å². The number of esters is 1. The summed E-state index contributed by atoms with van der Waals surface area (Å²) in [6, 6.07) is 6.36. The van der Waals surface area contributed by atoms with Crippen LogP contribution >= 0.6 is 0 Å². The lowest BCUT2D eigenvalue weighted by Crippen LogP contribution is -2.45. The van der Waals surface area contributed by atoms with Crippen LogP contribution in [0.3, 0.4) is 0 Å². The molecule has 1 aliphatic rings. The van der Waals surface area contributed by atoms with Crippen LogP contribution in [0, 0.1) is 0 Å². The van der Waals surface area contributed by atoms with Crippen molar-refractivity contribution in [1.82, 2.24) is 10.6 Å². The lowest BCUT2D eigenvalue weighted by molar-refractivity contribution is -0.138. The van der Waals surface area contributed by atoms with E-state index in [2.05, 4.69) is 10.6 Å². The highest BCUT2D eigenvalue weighted by Gasteiger charge is 2.32. The molecule has 128 valence electrons. The van der Waals surface area contributed by atoms with Crippen LogP contribution in [0.5, 0.6) is 5.75 Å². The van der Waals surface area contributed by atoms with Gasteiger partial charge in [0, 0.05) is 5.70 Å². The highest BCUT2D eigenvalue weighted by Crippen LogP contribution is 2.29. The Labute approximate surface area is 141 Å². The molecule has 0 aliphatic carbocycles. The zero-order valence-electron chi connectivity index (χ0n) is 14.1. The summed E-state index contributed by atoms with van der Waals surface area (Å²) in [6.45, 7) is 6.15. The third-order valence-corrected chi connectivity index (χ3v) is 3.54. The second-order valence-electron chi connectivity index (χ2n) is 5.24. The molecule has 0 saturated carbocycles. The van der Waals surface area contributed by atoms with E-state index >= 15 is 0 Å². The molecule has 1 aromatic carbocycles. The summed E-state index contributed by atoms with van der Waals surface area (Å²) in [5, 5.41) is 5.39. The van der Waals surface area contributed by atoms with E-state index in [0.717, 1.165) is 5.56 Å². The van der Waals surface area contributed by atoms with E-state index < -0.39 is 12.0 Å². The maximum atomic E-state index is 12.4. The molecular weight excluding hydrogens is 308 g/mol. The number of ether oxygens (including phenoxy) is 2. The molecule has 1 atom stereocenters. The van der Waals surface area contributed by atoms with Gasteiger partial charge in [0.25, 0.3) is 0 Å². The van der Waals surface area contributed by atoms with Crippen molar-refractivity contribution in [2.45, 2.75) is 26.8 Å². The van der Waals surface area contributed by atoms with E-state index in [9.17, 15) is 9.59 Å². The Bertz CT molecular complexity index is 679. The van der Waals surface area contributed by atoms with Crippen LogP contribution in [-0.4, -0.2) is 25.2 Å². The van der Waals surface area contributed by atoms with Gasteiger partial charge < -0.3 is 20.1 Å². The average molecular weight is 330 g/mol. The van der Waals surface area contributed by atoms with Crippen molar-refractivity contribution in [3.8, 4) is 5.75 Å². The summed E-state index contributed by atoms with van der Waals surface area (Å²) in [5.74, 6) is 0.215. The van der Waals surface area contributed by atoms with Crippen molar-refractivity contribution in [1.29, 1.82) is 0 Å². The summed E-state index contributed by atoms with van der Waals surface area (Å²) in [5.41, 5.74) is 1.62. The van der Waals surface area contributed by atoms with E-state index in [1.54, 1.807) is 19.1 Å². The van der Waals surface area contributed by atoms with Crippen molar-refractivity contribution < 1.29 is 19.1 Å². The van der Waals surface area contributed by atoms with Crippen molar-refractivity contribution in [2.24, 2.45) is 0 Å². The maximum Gasteiger partial charge on any atom is 0.338 e. The van der Waals surface area contributed by atoms with Crippen molar-refractivity contribution in [2.75, 3.05) is 13.2 Å². The van der Waals surface area contributed by atoms with Gasteiger partial charge in [-0.3, -0.25) is 0 Å². The minimum absolute atomic E-state index is 0.186. The fourth-order valence-electron chi connectivity index (χ4n) is 2.46. The lowest BCUT2D eigenvalue weighted by Gasteiger charge is -2.28. The number of rotatable bonds is 6. The Kier molecular flexibility index (Phi) is 6.01. The first-order chi connectivity index (χ1) is 11.6. The second kappa shape index (κ2) is 8.19. The van der Waals surface area contributed by atoms with Gasteiger partial charge in [0.05, 0.1) is 18.2 Å². The Morgan fingerprint density at radius 1 is 1.38 bits per heavy atom. The zero-order chi connectivity index (χ0) is 17.5. The molecule has 1 heterocycles. The van der Waals surface area contributed by atoms with Crippen LogP contribution in [0.25, 0.3) is 0 Å².